The second kappa shape index (κ2) is 8.02. The number of hydrogen-bond donors (Lipinski definition) is 2. The van der Waals surface area contributed by atoms with Gasteiger partial charge in [-0.05, 0) is 41.0 Å². The molecule has 2 aromatic carbocycles. The van der Waals surface area contributed by atoms with Crippen LogP contribution in [0.1, 0.15) is 28.0 Å². The second-order valence-corrected chi connectivity index (χ2v) is 6.43. The van der Waals surface area contributed by atoms with Gasteiger partial charge in [0.05, 0.1) is 21.8 Å². The van der Waals surface area contributed by atoms with Gasteiger partial charge in [0.2, 0.25) is 0 Å². The van der Waals surface area contributed by atoms with Crippen molar-refractivity contribution in [2.75, 3.05) is 0 Å². The number of hydrogen-bond acceptors (Lipinski definition) is 2. The summed E-state index contributed by atoms with van der Waals surface area (Å²) in [4.78, 5) is 12.2. The van der Waals surface area contributed by atoms with Crippen LogP contribution in [0.2, 0.25) is 10.0 Å². The lowest BCUT2D eigenvalue weighted by molar-refractivity contribution is 0.0936. The maximum absolute atomic E-state index is 13.7. The lowest BCUT2D eigenvalue weighted by atomic mass is 9.99. The molecule has 0 aliphatic heterocycles. The number of carbonyl (C=O) groups is 1. The average molecular weight is 414 g/mol. The van der Waals surface area contributed by atoms with Gasteiger partial charge in [-0.1, -0.05) is 35.3 Å². The van der Waals surface area contributed by atoms with Gasteiger partial charge in [0, 0.05) is 6.54 Å². The number of H-pyrrole nitrogens is 1. The molecule has 0 unspecified atom stereocenters. The van der Waals surface area contributed by atoms with Crippen LogP contribution in [-0.2, 0) is 6.54 Å². The molecule has 3 aromatic rings. The molecule has 0 atom stereocenters. The molecule has 0 saturated carbocycles. The van der Waals surface area contributed by atoms with Crippen LogP contribution in [0.25, 0.3) is 11.1 Å². The Bertz CT molecular complexity index is 992. The van der Waals surface area contributed by atoms with Crippen molar-refractivity contribution in [1.82, 2.24) is 15.5 Å². The normalized spacial score (nSPS) is 11.0. The van der Waals surface area contributed by atoms with E-state index in [1.54, 1.807) is 24.3 Å². The zero-order valence-corrected chi connectivity index (χ0v) is 15.1. The van der Waals surface area contributed by atoms with Crippen LogP contribution in [0.15, 0.2) is 42.6 Å². The fourth-order valence-electron chi connectivity index (χ4n) is 2.57. The molecule has 3 rings (SSSR count). The smallest absolute Gasteiger partial charge is 0.280 e. The van der Waals surface area contributed by atoms with Crippen molar-refractivity contribution in [2.45, 2.75) is 13.0 Å². The highest BCUT2D eigenvalue weighted by atomic mass is 35.5. The summed E-state index contributed by atoms with van der Waals surface area (Å²) in [5, 5.41) is 8.76. The van der Waals surface area contributed by atoms with Crippen LogP contribution >= 0.6 is 23.2 Å². The fraction of sp³-hybridized carbons (Fsp3) is 0.111. The summed E-state index contributed by atoms with van der Waals surface area (Å²) < 4.78 is 39.4. The standard InChI is InChI=1S/C18H12Cl2F3N3O/c19-14-4-1-9(6-15(14)20)12-3-2-11(21)5-10(12)7-24-18(27)13-8-25-26-16(13)17(22)23/h1-6,8,17H,7H2,(H,24,27)(H,25,26). The van der Waals surface area contributed by atoms with E-state index in [1.165, 1.54) is 12.1 Å². The largest absolute Gasteiger partial charge is 0.348 e. The van der Waals surface area contributed by atoms with Crippen LogP contribution in [0.3, 0.4) is 0 Å². The highest BCUT2D eigenvalue weighted by molar-refractivity contribution is 6.42. The van der Waals surface area contributed by atoms with Crippen molar-refractivity contribution in [3.8, 4) is 11.1 Å². The first-order chi connectivity index (χ1) is 12.9. The summed E-state index contributed by atoms with van der Waals surface area (Å²) in [6.45, 7) is -0.0833. The van der Waals surface area contributed by atoms with Crippen molar-refractivity contribution >= 4 is 29.1 Å². The zero-order chi connectivity index (χ0) is 19.6. The summed E-state index contributed by atoms with van der Waals surface area (Å²) in [5.74, 6) is -1.25. The van der Waals surface area contributed by atoms with Crippen molar-refractivity contribution < 1.29 is 18.0 Å². The summed E-state index contributed by atoms with van der Waals surface area (Å²) in [7, 11) is 0. The van der Waals surface area contributed by atoms with E-state index in [1.807, 2.05) is 0 Å². The molecular formula is C18H12Cl2F3N3O. The minimum absolute atomic E-state index is 0.0833. The third kappa shape index (κ3) is 4.26. The van der Waals surface area contributed by atoms with Crippen molar-refractivity contribution in [1.29, 1.82) is 0 Å². The van der Waals surface area contributed by atoms with Crippen LogP contribution in [0, 0.1) is 5.82 Å². The first kappa shape index (κ1) is 19.3. The number of aromatic nitrogens is 2. The molecular weight excluding hydrogens is 402 g/mol. The topological polar surface area (TPSA) is 57.8 Å². The van der Waals surface area contributed by atoms with E-state index in [4.69, 9.17) is 23.2 Å². The van der Waals surface area contributed by atoms with Crippen molar-refractivity contribution in [2.24, 2.45) is 0 Å². The number of carbonyl (C=O) groups excluding carboxylic acids is 1. The van der Waals surface area contributed by atoms with Crippen LogP contribution in [0.5, 0.6) is 0 Å². The van der Waals surface area contributed by atoms with E-state index in [-0.39, 0.29) is 12.1 Å². The fourth-order valence-corrected chi connectivity index (χ4v) is 2.87. The van der Waals surface area contributed by atoms with Crippen LogP contribution in [-0.4, -0.2) is 16.1 Å². The van der Waals surface area contributed by atoms with Gasteiger partial charge in [-0.2, -0.15) is 5.10 Å². The lowest BCUT2D eigenvalue weighted by Gasteiger charge is -2.12. The number of aromatic amines is 1. The maximum Gasteiger partial charge on any atom is 0.280 e. The first-order valence-corrected chi connectivity index (χ1v) is 8.46. The van der Waals surface area contributed by atoms with E-state index in [9.17, 15) is 18.0 Å². The molecule has 1 aromatic heterocycles. The van der Waals surface area contributed by atoms with Gasteiger partial charge < -0.3 is 5.32 Å². The Morgan fingerprint density at radius 1 is 1.15 bits per heavy atom. The number of benzene rings is 2. The Morgan fingerprint density at radius 2 is 1.93 bits per heavy atom. The number of nitrogens with zero attached hydrogens (tertiary/aromatic N) is 1. The third-order valence-corrected chi connectivity index (χ3v) is 4.61. The quantitative estimate of drug-likeness (QED) is 0.588. The van der Waals surface area contributed by atoms with Crippen LogP contribution < -0.4 is 5.32 Å². The monoisotopic (exact) mass is 413 g/mol. The molecule has 2 N–H and O–H groups in total. The maximum atomic E-state index is 13.7. The molecule has 1 amide bonds. The molecule has 140 valence electrons. The van der Waals surface area contributed by atoms with Gasteiger partial charge in [-0.3, -0.25) is 9.89 Å². The van der Waals surface area contributed by atoms with E-state index in [0.29, 0.717) is 26.7 Å². The van der Waals surface area contributed by atoms with Gasteiger partial charge in [-0.25, -0.2) is 13.2 Å². The third-order valence-electron chi connectivity index (χ3n) is 3.87. The molecule has 0 bridgehead atoms. The first-order valence-electron chi connectivity index (χ1n) is 7.70. The van der Waals surface area contributed by atoms with E-state index < -0.39 is 23.8 Å². The highest BCUT2D eigenvalue weighted by Gasteiger charge is 2.21. The molecule has 4 nitrogen and oxygen atoms in total. The predicted octanol–water partition coefficient (Wildman–Crippen LogP) is 5.39. The van der Waals surface area contributed by atoms with Crippen molar-refractivity contribution in [3.05, 3.63) is 75.3 Å². The molecule has 1 heterocycles. The molecule has 0 spiro atoms. The second-order valence-electron chi connectivity index (χ2n) is 5.61. The lowest BCUT2D eigenvalue weighted by Crippen LogP contribution is -2.24. The number of rotatable bonds is 5. The zero-order valence-electron chi connectivity index (χ0n) is 13.6. The van der Waals surface area contributed by atoms with E-state index in [0.717, 1.165) is 6.20 Å². The average Bonchev–Trinajstić information content (AvgIpc) is 3.12. The van der Waals surface area contributed by atoms with Crippen LogP contribution in [0.4, 0.5) is 13.2 Å². The minimum atomic E-state index is -2.87. The number of alkyl halides is 2. The molecule has 0 radical (unpaired) electrons. The Balaban J connectivity index is 1.86. The highest BCUT2D eigenvalue weighted by Crippen LogP contribution is 2.31. The minimum Gasteiger partial charge on any atom is -0.348 e. The molecule has 0 saturated heterocycles. The Kier molecular flexibility index (Phi) is 5.72. The molecule has 0 aliphatic carbocycles. The number of amides is 1. The molecule has 27 heavy (non-hydrogen) atoms. The van der Waals surface area contributed by atoms with Gasteiger partial charge >= 0.3 is 0 Å². The number of halogens is 5. The predicted molar refractivity (Wildman–Crippen MR) is 96.6 cm³/mol. The van der Waals surface area contributed by atoms with Gasteiger partial charge in [-0.15, -0.1) is 0 Å². The molecule has 9 heteroatoms. The van der Waals surface area contributed by atoms with Gasteiger partial charge in [0.25, 0.3) is 12.3 Å². The van der Waals surface area contributed by atoms with Gasteiger partial charge in [0.15, 0.2) is 0 Å². The Morgan fingerprint density at radius 3 is 2.63 bits per heavy atom. The SMILES string of the molecule is O=C(NCc1cc(F)ccc1-c1ccc(Cl)c(Cl)c1)c1cn[nH]c1C(F)F. The Labute approximate surface area is 162 Å². The van der Waals surface area contributed by atoms with E-state index in [2.05, 4.69) is 15.5 Å². The van der Waals surface area contributed by atoms with Gasteiger partial charge in [0.1, 0.15) is 11.5 Å². The summed E-state index contributed by atoms with van der Waals surface area (Å²) in [6, 6.07) is 8.99. The van der Waals surface area contributed by atoms with E-state index >= 15 is 0 Å². The molecule has 0 fully saturated rings. The van der Waals surface area contributed by atoms with Crippen molar-refractivity contribution in [3.63, 3.8) is 0 Å². The Hall–Kier alpha value is -2.51. The summed E-state index contributed by atoms with van der Waals surface area (Å²) >= 11 is 11.9. The number of nitrogens with one attached hydrogen (secondary N) is 2. The summed E-state index contributed by atoms with van der Waals surface area (Å²) in [6.07, 6.45) is -1.85. The molecule has 0 aliphatic rings. The summed E-state index contributed by atoms with van der Waals surface area (Å²) in [5.41, 5.74) is 0.902.